The van der Waals surface area contributed by atoms with Crippen molar-refractivity contribution in [2.45, 2.75) is 32.2 Å². The summed E-state index contributed by atoms with van der Waals surface area (Å²) in [5.41, 5.74) is 2.88. The number of hydrogen-bond donors (Lipinski definition) is 1. The Balaban J connectivity index is 1.44. The van der Waals surface area contributed by atoms with Crippen LogP contribution in [0.25, 0.3) is 10.1 Å². The van der Waals surface area contributed by atoms with Crippen molar-refractivity contribution in [3.05, 3.63) is 64.5 Å². The highest BCUT2D eigenvalue weighted by molar-refractivity contribution is 7.19. The summed E-state index contributed by atoms with van der Waals surface area (Å²) >= 11 is 1.98. The molecule has 4 rings (SSSR count). The van der Waals surface area contributed by atoms with Gasteiger partial charge >= 0.3 is 0 Å². The number of benzene rings is 2. The van der Waals surface area contributed by atoms with Gasteiger partial charge in [0.05, 0.1) is 25.1 Å². The molecule has 0 aliphatic carbocycles. The zero-order valence-electron chi connectivity index (χ0n) is 15.0. The summed E-state index contributed by atoms with van der Waals surface area (Å²) in [6.45, 7) is 5.95. The minimum atomic E-state index is 0.642. The molecule has 1 aliphatic rings. The maximum Gasteiger partial charge on any atom is 0.122 e. The molecule has 0 amide bonds. The van der Waals surface area contributed by atoms with Crippen molar-refractivity contribution in [3.8, 4) is 5.75 Å². The molecular formula is C22H26NOS+. The first-order valence-corrected chi connectivity index (χ1v) is 10.0. The summed E-state index contributed by atoms with van der Waals surface area (Å²) in [5.74, 6) is 1.69. The Kier molecular flexibility index (Phi) is 4.78. The summed E-state index contributed by atoms with van der Waals surface area (Å²) in [5, 5.41) is 1.44. The van der Waals surface area contributed by atoms with Crippen LogP contribution >= 0.6 is 11.3 Å². The average Bonchev–Trinajstić information content (AvgIpc) is 2.98. The van der Waals surface area contributed by atoms with Crippen LogP contribution in [0.15, 0.2) is 48.5 Å². The third kappa shape index (κ3) is 3.31. The number of quaternary nitrogens is 1. The zero-order valence-corrected chi connectivity index (χ0v) is 15.9. The fourth-order valence-corrected chi connectivity index (χ4v) is 5.42. The lowest BCUT2D eigenvalue weighted by Gasteiger charge is -2.30. The van der Waals surface area contributed by atoms with E-state index in [-0.39, 0.29) is 0 Å². The van der Waals surface area contributed by atoms with E-state index in [2.05, 4.69) is 55.5 Å². The fourth-order valence-electron chi connectivity index (χ4n) is 4.14. The van der Waals surface area contributed by atoms with Crippen molar-refractivity contribution in [3.63, 3.8) is 0 Å². The largest absolute Gasteiger partial charge is 0.496 e. The summed E-state index contributed by atoms with van der Waals surface area (Å²) in [7, 11) is 1.78. The van der Waals surface area contributed by atoms with Gasteiger partial charge in [0.15, 0.2) is 0 Å². The lowest BCUT2D eigenvalue weighted by Crippen LogP contribution is -3.11. The molecule has 3 aromatic rings. The van der Waals surface area contributed by atoms with E-state index in [0.717, 1.165) is 5.75 Å². The van der Waals surface area contributed by atoms with Crippen LogP contribution in [0.4, 0.5) is 0 Å². The van der Waals surface area contributed by atoms with Gasteiger partial charge in [-0.05, 0) is 41.5 Å². The number of aryl methyl sites for hydroxylation is 1. The van der Waals surface area contributed by atoms with Gasteiger partial charge in [0, 0.05) is 17.5 Å². The van der Waals surface area contributed by atoms with E-state index >= 15 is 0 Å². The van der Waals surface area contributed by atoms with Crippen LogP contribution < -0.4 is 9.64 Å². The number of hydrogen-bond acceptors (Lipinski definition) is 2. The van der Waals surface area contributed by atoms with E-state index < -0.39 is 0 Å². The second-order valence-corrected chi connectivity index (χ2v) is 8.23. The fraction of sp³-hybridized carbons (Fsp3) is 0.364. The molecule has 0 saturated carbocycles. The molecule has 1 aliphatic heterocycles. The van der Waals surface area contributed by atoms with Crippen LogP contribution in [0.2, 0.25) is 0 Å². The van der Waals surface area contributed by atoms with Crippen LogP contribution in [0, 0.1) is 6.92 Å². The van der Waals surface area contributed by atoms with Gasteiger partial charge in [-0.1, -0.05) is 36.4 Å². The third-order valence-corrected chi connectivity index (χ3v) is 6.90. The summed E-state index contributed by atoms with van der Waals surface area (Å²) in [4.78, 5) is 3.28. The molecule has 0 spiro atoms. The van der Waals surface area contributed by atoms with Crippen molar-refractivity contribution < 1.29 is 9.64 Å². The molecule has 1 fully saturated rings. The number of thiophene rings is 1. The average molecular weight is 353 g/mol. The first-order valence-electron chi connectivity index (χ1n) is 9.19. The van der Waals surface area contributed by atoms with Gasteiger partial charge in [-0.15, -0.1) is 11.3 Å². The molecule has 0 bridgehead atoms. The van der Waals surface area contributed by atoms with Gasteiger partial charge in [0.25, 0.3) is 0 Å². The maximum absolute atomic E-state index is 5.57. The number of rotatable bonds is 4. The Bertz CT molecular complexity index is 861. The smallest absolute Gasteiger partial charge is 0.122 e. The Labute approximate surface area is 154 Å². The zero-order chi connectivity index (χ0) is 17.2. The Morgan fingerprint density at radius 3 is 2.52 bits per heavy atom. The molecule has 0 radical (unpaired) electrons. The lowest BCUT2D eigenvalue weighted by molar-refractivity contribution is -0.918. The van der Waals surface area contributed by atoms with E-state index in [1.807, 2.05) is 11.3 Å². The molecule has 25 heavy (non-hydrogen) atoms. The van der Waals surface area contributed by atoms with Gasteiger partial charge in [-0.2, -0.15) is 0 Å². The van der Waals surface area contributed by atoms with Crippen LogP contribution in [0.5, 0.6) is 5.75 Å². The number of ether oxygens (including phenoxy) is 1. The van der Waals surface area contributed by atoms with Crippen LogP contribution in [-0.4, -0.2) is 20.2 Å². The maximum atomic E-state index is 5.57. The van der Waals surface area contributed by atoms with E-state index in [4.69, 9.17) is 4.74 Å². The summed E-state index contributed by atoms with van der Waals surface area (Å²) < 4.78 is 6.99. The molecule has 1 N–H and O–H groups in total. The molecule has 2 aromatic carbocycles. The predicted octanol–water partition coefficient (Wildman–Crippen LogP) is 4.18. The molecule has 2 heterocycles. The molecule has 0 unspecified atom stereocenters. The number of piperidine rings is 1. The normalized spacial score (nSPS) is 20.7. The number of likely N-dealkylation sites (tertiary alicyclic amines) is 1. The molecular weight excluding hydrogens is 326 g/mol. The standard InChI is InChI=1S/C22H25NOS/c1-16-18-7-4-6-10-21(18)25-22(16)15-23-13-11-17(12-14-23)19-8-3-5-9-20(19)24-2/h3-10,17H,11-15H2,1-2H3/p+1. The minimum Gasteiger partial charge on any atom is -0.496 e. The van der Waals surface area contributed by atoms with Crippen molar-refractivity contribution in [2.24, 2.45) is 0 Å². The van der Waals surface area contributed by atoms with Crippen molar-refractivity contribution in [2.75, 3.05) is 20.2 Å². The Morgan fingerprint density at radius 1 is 1.04 bits per heavy atom. The predicted molar refractivity (Wildman–Crippen MR) is 106 cm³/mol. The molecule has 130 valence electrons. The Hall–Kier alpha value is -1.84. The van der Waals surface area contributed by atoms with Gasteiger partial charge in [-0.25, -0.2) is 0 Å². The molecule has 1 aromatic heterocycles. The summed E-state index contributed by atoms with van der Waals surface area (Å²) in [6.07, 6.45) is 2.50. The highest BCUT2D eigenvalue weighted by Crippen LogP contribution is 2.32. The molecule has 0 atom stereocenters. The van der Waals surface area contributed by atoms with Crippen molar-refractivity contribution in [1.82, 2.24) is 0 Å². The minimum absolute atomic E-state index is 0.642. The Morgan fingerprint density at radius 2 is 1.76 bits per heavy atom. The molecule has 3 heteroatoms. The number of para-hydroxylation sites is 1. The monoisotopic (exact) mass is 352 g/mol. The molecule has 1 saturated heterocycles. The highest BCUT2D eigenvalue weighted by Gasteiger charge is 2.26. The SMILES string of the molecule is COc1ccccc1C1CC[NH+](Cc2sc3ccccc3c2C)CC1. The quantitative estimate of drug-likeness (QED) is 0.744. The number of methoxy groups -OCH3 is 1. The van der Waals surface area contributed by atoms with Crippen LogP contribution in [-0.2, 0) is 6.54 Å². The van der Waals surface area contributed by atoms with E-state index in [9.17, 15) is 0 Å². The highest BCUT2D eigenvalue weighted by atomic mass is 32.1. The topological polar surface area (TPSA) is 13.7 Å². The van der Waals surface area contributed by atoms with Gasteiger partial charge < -0.3 is 9.64 Å². The van der Waals surface area contributed by atoms with Gasteiger partial charge in [0.1, 0.15) is 12.3 Å². The molecule has 2 nitrogen and oxygen atoms in total. The van der Waals surface area contributed by atoms with Crippen molar-refractivity contribution >= 4 is 21.4 Å². The van der Waals surface area contributed by atoms with Crippen molar-refractivity contribution in [1.29, 1.82) is 0 Å². The van der Waals surface area contributed by atoms with Gasteiger partial charge in [0.2, 0.25) is 0 Å². The summed E-state index contributed by atoms with van der Waals surface area (Å²) in [6, 6.07) is 17.3. The van der Waals surface area contributed by atoms with Crippen LogP contribution in [0.1, 0.15) is 34.8 Å². The second kappa shape index (κ2) is 7.19. The number of fused-ring (bicyclic) bond motifs is 1. The number of nitrogens with one attached hydrogen (secondary N) is 1. The second-order valence-electron chi connectivity index (χ2n) is 7.09. The first kappa shape index (κ1) is 16.6. The van der Waals surface area contributed by atoms with E-state index in [0.29, 0.717) is 5.92 Å². The third-order valence-electron chi connectivity index (χ3n) is 5.62. The first-order chi connectivity index (χ1) is 12.3. The van der Waals surface area contributed by atoms with Crippen LogP contribution in [0.3, 0.4) is 0 Å². The van der Waals surface area contributed by atoms with E-state index in [1.165, 1.54) is 53.7 Å². The van der Waals surface area contributed by atoms with E-state index in [1.54, 1.807) is 16.9 Å². The van der Waals surface area contributed by atoms with Gasteiger partial charge in [-0.3, -0.25) is 0 Å². The lowest BCUT2D eigenvalue weighted by atomic mass is 9.89.